The second kappa shape index (κ2) is 7.59. The Morgan fingerprint density at radius 1 is 1.48 bits per heavy atom. The highest BCUT2D eigenvalue weighted by Gasteiger charge is 2.28. The van der Waals surface area contributed by atoms with E-state index in [9.17, 15) is 14.0 Å². The molecule has 0 aromatic heterocycles. The van der Waals surface area contributed by atoms with Gasteiger partial charge in [0.05, 0.1) is 17.5 Å². The van der Waals surface area contributed by atoms with Crippen LogP contribution >= 0.6 is 24.0 Å². The van der Waals surface area contributed by atoms with E-state index >= 15 is 0 Å². The molecule has 1 fully saturated rings. The van der Waals surface area contributed by atoms with Gasteiger partial charge in [0.2, 0.25) is 5.91 Å². The molecule has 0 aliphatic carbocycles. The van der Waals surface area contributed by atoms with E-state index in [0.29, 0.717) is 25.2 Å². The van der Waals surface area contributed by atoms with Gasteiger partial charge in [-0.15, -0.1) is 12.4 Å². The Hall–Kier alpha value is -1.37. The van der Waals surface area contributed by atoms with E-state index in [2.05, 4.69) is 5.32 Å². The molecule has 5 nitrogen and oxygen atoms in total. The monoisotopic (exact) mass is 336 g/mol. The Balaban J connectivity index is 0.00000220. The molecule has 1 aliphatic rings. The second-order valence-corrected chi connectivity index (χ2v) is 5.14. The van der Waals surface area contributed by atoms with Crippen molar-refractivity contribution in [1.82, 2.24) is 4.90 Å². The molecule has 1 atom stereocenters. The summed E-state index contributed by atoms with van der Waals surface area (Å²) in [5, 5.41) is 11.4. The summed E-state index contributed by atoms with van der Waals surface area (Å²) in [7, 11) is 0. The number of nitrogens with one attached hydrogen (secondary N) is 1. The van der Waals surface area contributed by atoms with Gasteiger partial charge in [0.1, 0.15) is 5.82 Å². The summed E-state index contributed by atoms with van der Waals surface area (Å²) < 4.78 is 13.0. The summed E-state index contributed by atoms with van der Waals surface area (Å²) in [6, 6.07) is 3.93. The number of carboxylic acids is 1. The molecule has 2 N–H and O–H groups in total. The van der Waals surface area contributed by atoms with Gasteiger partial charge in [0.25, 0.3) is 0 Å². The molecule has 0 saturated carbocycles. The van der Waals surface area contributed by atoms with Crippen molar-refractivity contribution >= 4 is 41.6 Å². The summed E-state index contributed by atoms with van der Waals surface area (Å²) in [6.07, 6.45) is 0.547. The van der Waals surface area contributed by atoms with E-state index in [-0.39, 0.29) is 29.9 Å². The molecule has 1 unspecified atom stereocenters. The van der Waals surface area contributed by atoms with Crippen LogP contribution in [0.25, 0.3) is 0 Å². The van der Waals surface area contributed by atoms with E-state index in [1.807, 2.05) is 0 Å². The quantitative estimate of drug-likeness (QED) is 0.884. The van der Waals surface area contributed by atoms with Crippen molar-refractivity contribution in [3.63, 3.8) is 0 Å². The van der Waals surface area contributed by atoms with Crippen LogP contribution in [-0.4, -0.2) is 41.5 Å². The maximum atomic E-state index is 13.0. The van der Waals surface area contributed by atoms with Gasteiger partial charge in [-0.05, 0) is 31.2 Å². The summed E-state index contributed by atoms with van der Waals surface area (Å²) >= 11 is 5.62. The average Bonchev–Trinajstić information content (AvgIpc) is 2.82. The van der Waals surface area contributed by atoms with Gasteiger partial charge in [-0.1, -0.05) is 11.6 Å². The number of nitrogens with zero attached hydrogens (tertiary/aromatic N) is 1. The zero-order chi connectivity index (χ0) is 14.7. The van der Waals surface area contributed by atoms with Gasteiger partial charge in [0, 0.05) is 12.2 Å². The Bertz CT molecular complexity index is 542. The molecule has 1 aromatic carbocycles. The topological polar surface area (TPSA) is 69.6 Å². The minimum absolute atomic E-state index is 0. The molecule has 116 valence electrons. The fourth-order valence-electron chi connectivity index (χ4n) is 2.16. The van der Waals surface area contributed by atoms with Gasteiger partial charge < -0.3 is 10.4 Å². The third kappa shape index (κ3) is 4.84. The molecule has 0 radical (unpaired) electrons. The van der Waals surface area contributed by atoms with Gasteiger partial charge >= 0.3 is 5.97 Å². The number of hydrogen-bond acceptors (Lipinski definition) is 3. The number of benzene rings is 1. The number of carboxylic acid groups (broad SMARTS) is 1. The minimum Gasteiger partial charge on any atom is -0.481 e. The number of likely N-dealkylation sites (tertiary alicyclic amines) is 1. The van der Waals surface area contributed by atoms with Gasteiger partial charge in [-0.25, -0.2) is 4.39 Å². The lowest BCUT2D eigenvalue weighted by Crippen LogP contribution is -2.32. The number of hydrogen-bond donors (Lipinski definition) is 2. The Labute approximate surface area is 132 Å². The average molecular weight is 337 g/mol. The number of carbonyl (C=O) groups is 2. The van der Waals surface area contributed by atoms with Crippen molar-refractivity contribution in [1.29, 1.82) is 0 Å². The Morgan fingerprint density at radius 3 is 2.76 bits per heavy atom. The number of aliphatic carboxylic acids is 1. The molecule has 1 amide bonds. The largest absolute Gasteiger partial charge is 0.481 e. The van der Waals surface area contributed by atoms with Crippen molar-refractivity contribution in [2.45, 2.75) is 6.42 Å². The normalized spacial score (nSPS) is 18.1. The number of carbonyl (C=O) groups excluding carboxylic acids is 1. The van der Waals surface area contributed by atoms with Crippen LogP contribution in [0.5, 0.6) is 0 Å². The van der Waals surface area contributed by atoms with Crippen LogP contribution in [0.15, 0.2) is 18.2 Å². The third-order valence-electron chi connectivity index (χ3n) is 3.19. The van der Waals surface area contributed by atoms with Crippen molar-refractivity contribution in [2.24, 2.45) is 5.92 Å². The summed E-state index contributed by atoms with van der Waals surface area (Å²) in [5.74, 6) is -2.08. The number of halogens is 3. The van der Waals surface area contributed by atoms with Crippen molar-refractivity contribution in [2.75, 3.05) is 25.0 Å². The Morgan fingerprint density at radius 2 is 2.19 bits per heavy atom. The van der Waals surface area contributed by atoms with Crippen LogP contribution in [0.3, 0.4) is 0 Å². The first-order valence-corrected chi connectivity index (χ1v) is 6.53. The highest BCUT2D eigenvalue weighted by atomic mass is 35.5. The Kier molecular flexibility index (Phi) is 6.39. The molecule has 1 saturated heterocycles. The molecule has 0 spiro atoms. The van der Waals surface area contributed by atoms with E-state index in [1.165, 1.54) is 18.2 Å². The minimum atomic E-state index is -0.835. The molecule has 1 aliphatic heterocycles. The zero-order valence-electron chi connectivity index (χ0n) is 11.0. The van der Waals surface area contributed by atoms with Crippen molar-refractivity contribution in [3.8, 4) is 0 Å². The standard InChI is InChI=1S/C13H14ClFN2O3.ClH/c14-10-5-9(1-2-11(10)15)16-12(18)7-17-4-3-8(6-17)13(19)20;/h1-2,5,8H,3-4,6-7H2,(H,16,18)(H,19,20);1H. The van der Waals surface area contributed by atoms with Crippen LogP contribution in [-0.2, 0) is 9.59 Å². The maximum Gasteiger partial charge on any atom is 0.307 e. The lowest BCUT2D eigenvalue weighted by atomic mass is 10.1. The number of amides is 1. The van der Waals surface area contributed by atoms with Crippen LogP contribution in [0.1, 0.15) is 6.42 Å². The molecule has 1 heterocycles. The van der Waals surface area contributed by atoms with Crippen LogP contribution in [0.4, 0.5) is 10.1 Å². The first-order chi connectivity index (χ1) is 9.45. The molecule has 8 heteroatoms. The van der Waals surface area contributed by atoms with E-state index < -0.39 is 17.7 Å². The fourth-order valence-corrected chi connectivity index (χ4v) is 2.34. The van der Waals surface area contributed by atoms with Crippen LogP contribution in [0.2, 0.25) is 5.02 Å². The number of rotatable bonds is 4. The number of anilines is 1. The lowest BCUT2D eigenvalue weighted by molar-refractivity contribution is -0.141. The zero-order valence-corrected chi connectivity index (χ0v) is 12.6. The predicted molar refractivity (Wildman–Crippen MR) is 79.5 cm³/mol. The maximum absolute atomic E-state index is 13.0. The smallest absolute Gasteiger partial charge is 0.307 e. The summed E-state index contributed by atoms with van der Waals surface area (Å²) in [5.41, 5.74) is 0.412. The van der Waals surface area contributed by atoms with Crippen molar-refractivity contribution < 1.29 is 19.1 Å². The van der Waals surface area contributed by atoms with E-state index in [4.69, 9.17) is 16.7 Å². The van der Waals surface area contributed by atoms with Crippen molar-refractivity contribution in [3.05, 3.63) is 29.0 Å². The van der Waals surface area contributed by atoms with E-state index in [0.717, 1.165) is 0 Å². The molecular weight excluding hydrogens is 322 g/mol. The fraction of sp³-hybridized carbons (Fsp3) is 0.385. The molecular formula is C13H15Cl2FN2O3. The molecule has 21 heavy (non-hydrogen) atoms. The van der Waals surface area contributed by atoms with Crippen LogP contribution in [0, 0.1) is 11.7 Å². The molecule has 1 aromatic rings. The van der Waals surface area contributed by atoms with Crippen LogP contribution < -0.4 is 5.32 Å². The summed E-state index contributed by atoms with van der Waals surface area (Å²) in [4.78, 5) is 24.4. The van der Waals surface area contributed by atoms with Gasteiger partial charge in [0.15, 0.2) is 0 Å². The highest BCUT2D eigenvalue weighted by molar-refractivity contribution is 6.31. The highest BCUT2D eigenvalue weighted by Crippen LogP contribution is 2.20. The summed E-state index contributed by atoms with van der Waals surface area (Å²) in [6.45, 7) is 1.06. The predicted octanol–water partition coefficient (Wildman–Crippen LogP) is 2.25. The SMILES string of the molecule is Cl.O=C(CN1CCC(C(=O)O)C1)Nc1ccc(F)c(Cl)c1. The van der Waals surface area contributed by atoms with E-state index in [1.54, 1.807) is 4.90 Å². The first-order valence-electron chi connectivity index (χ1n) is 6.16. The van der Waals surface area contributed by atoms with Gasteiger partial charge in [-0.2, -0.15) is 0 Å². The first kappa shape index (κ1) is 17.7. The second-order valence-electron chi connectivity index (χ2n) is 4.74. The lowest BCUT2D eigenvalue weighted by Gasteiger charge is -2.14. The molecule has 0 bridgehead atoms. The third-order valence-corrected chi connectivity index (χ3v) is 3.48. The van der Waals surface area contributed by atoms with Gasteiger partial charge in [-0.3, -0.25) is 14.5 Å². The molecule has 2 rings (SSSR count).